The van der Waals surface area contributed by atoms with Crippen molar-refractivity contribution >= 4 is 29.9 Å². The molecule has 3 rings (SSSR count). The average molecular weight is 521 g/mol. The molecular weight excluding hydrogens is 487 g/mol. The third-order valence-corrected chi connectivity index (χ3v) is 6.32. The molecule has 5 nitrogen and oxygen atoms in total. The molecule has 1 aromatic rings. The van der Waals surface area contributed by atoms with Crippen molar-refractivity contribution in [3.63, 3.8) is 0 Å². The summed E-state index contributed by atoms with van der Waals surface area (Å²) in [6.07, 6.45) is 6.04. The zero-order valence-corrected chi connectivity index (χ0v) is 20.1. The Bertz CT molecular complexity index is 665. The lowest BCUT2D eigenvalue weighted by Crippen LogP contribution is -2.57. The van der Waals surface area contributed by atoms with E-state index in [1.54, 1.807) is 7.05 Å². The summed E-state index contributed by atoms with van der Waals surface area (Å²) in [5.41, 5.74) is 0.0873. The van der Waals surface area contributed by atoms with Crippen molar-refractivity contribution in [1.82, 2.24) is 20.4 Å². The molecule has 2 fully saturated rings. The molecule has 8 heteroatoms. The minimum atomic E-state index is -0.522. The smallest absolute Gasteiger partial charge is 0.191 e. The van der Waals surface area contributed by atoms with Crippen LogP contribution >= 0.6 is 24.0 Å². The number of aliphatic imine (C=N–C) groups is 1. The number of likely N-dealkylation sites (N-methyl/N-ethyl adjacent to an activating group) is 1. The summed E-state index contributed by atoms with van der Waals surface area (Å²) in [6.45, 7) is 0.365. The van der Waals surface area contributed by atoms with Gasteiger partial charge in [-0.15, -0.1) is 24.0 Å². The highest BCUT2D eigenvalue weighted by Gasteiger charge is 2.36. The van der Waals surface area contributed by atoms with Crippen LogP contribution in [0, 0.1) is 11.6 Å². The van der Waals surface area contributed by atoms with Gasteiger partial charge >= 0.3 is 0 Å². The first kappa shape index (κ1) is 24.3. The number of nitrogens with zero attached hydrogens (tertiary/aromatic N) is 3. The van der Waals surface area contributed by atoms with E-state index in [0.29, 0.717) is 30.6 Å². The van der Waals surface area contributed by atoms with Crippen molar-refractivity contribution in [1.29, 1.82) is 0 Å². The summed E-state index contributed by atoms with van der Waals surface area (Å²) in [6, 6.07) is 5.21. The summed E-state index contributed by atoms with van der Waals surface area (Å²) in [4.78, 5) is 8.69. The Morgan fingerprint density at radius 2 is 1.79 bits per heavy atom. The summed E-state index contributed by atoms with van der Waals surface area (Å²) < 4.78 is 28.5. The van der Waals surface area contributed by atoms with E-state index in [-0.39, 0.29) is 29.5 Å². The van der Waals surface area contributed by atoms with Gasteiger partial charge < -0.3 is 20.4 Å². The van der Waals surface area contributed by atoms with E-state index in [0.717, 1.165) is 12.8 Å². The van der Waals surface area contributed by atoms with Gasteiger partial charge in [0.05, 0.1) is 6.04 Å². The van der Waals surface area contributed by atoms with Crippen molar-refractivity contribution in [3.8, 4) is 0 Å². The number of hydrogen-bond donors (Lipinski definition) is 2. The second-order valence-electron chi connectivity index (χ2n) is 8.28. The number of guanidine groups is 1. The SMILES string of the molecule is CN=C(NCC(c1c(F)cccc1F)N(C)C)NC1CC2CCCC(C1)N2C.I. The molecule has 164 valence electrons. The van der Waals surface area contributed by atoms with Crippen molar-refractivity contribution in [3.05, 3.63) is 35.4 Å². The van der Waals surface area contributed by atoms with Crippen LogP contribution in [0.25, 0.3) is 0 Å². The van der Waals surface area contributed by atoms with E-state index in [1.165, 1.54) is 37.5 Å². The highest BCUT2D eigenvalue weighted by atomic mass is 127. The fourth-order valence-corrected chi connectivity index (χ4v) is 4.69. The quantitative estimate of drug-likeness (QED) is 0.355. The monoisotopic (exact) mass is 521 g/mol. The molecule has 29 heavy (non-hydrogen) atoms. The van der Waals surface area contributed by atoms with Crippen molar-refractivity contribution in [2.45, 2.75) is 56.3 Å². The van der Waals surface area contributed by atoms with E-state index >= 15 is 0 Å². The summed E-state index contributed by atoms with van der Waals surface area (Å²) >= 11 is 0. The number of fused-ring (bicyclic) bond motifs is 2. The summed E-state index contributed by atoms with van der Waals surface area (Å²) in [5, 5.41) is 6.81. The third-order valence-electron chi connectivity index (χ3n) is 6.32. The molecule has 0 spiro atoms. The Hall–Kier alpha value is -1.00. The fraction of sp³-hybridized carbons (Fsp3) is 0.667. The number of nitrogens with one attached hydrogen (secondary N) is 2. The van der Waals surface area contributed by atoms with Crippen LogP contribution in [0.5, 0.6) is 0 Å². The van der Waals surface area contributed by atoms with Crippen LogP contribution in [0.2, 0.25) is 0 Å². The Balaban J connectivity index is 0.00000300. The van der Waals surface area contributed by atoms with Crippen LogP contribution in [0.1, 0.15) is 43.7 Å². The molecule has 3 unspecified atom stereocenters. The molecule has 2 N–H and O–H groups in total. The van der Waals surface area contributed by atoms with Gasteiger partial charge in [-0.3, -0.25) is 4.99 Å². The molecule has 0 aliphatic carbocycles. The van der Waals surface area contributed by atoms with E-state index in [9.17, 15) is 8.78 Å². The van der Waals surface area contributed by atoms with Crippen LogP contribution in [-0.2, 0) is 0 Å². The first-order chi connectivity index (χ1) is 13.4. The fourth-order valence-electron chi connectivity index (χ4n) is 4.69. The van der Waals surface area contributed by atoms with Gasteiger partial charge in [-0.1, -0.05) is 12.5 Å². The molecule has 2 heterocycles. The van der Waals surface area contributed by atoms with Crippen LogP contribution in [0.15, 0.2) is 23.2 Å². The lowest BCUT2D eigenvalue weighted by atomic mass is 9.82. The minimum Gasteiger partial charge on any atom is -0.354 e. The molecule has 0 aromatic heterocycles. The molecule has 0 saturated carbocycles. The van der Waals surface area contributed by atoms with Gasteiger partial charge in [0.2, 0.25) is 0 Å². The number of rotatable bonds is 5. The number of hydrogen-bond acceptors (Lipinski definition) is 3. The average Bonchev–Trinajstić information content (AvgIpc) is 2.63. The Morgan fingerprint density at radius 3 is 2.31 bits per heavy atom. The van der Waals surface area contributed by atoms with Crippen molar-refractivity contribution in [2.75, 3.05) is 34.7 Å². The second-order valence-corrected chi connectivity index (χ2v) is 8.28. The van der Waals surface area contributed by atoms with Crippen LogP contribution in [0.3, 0.4) is 0 Å². The maximum Gasteiger partial charge on any atom is 0.191 e. The predicted octanol–water partition coefficient (Wildman–Crippen LogP) is 3.37. The van der Waals surface area contributed by atoms with E-state index in [4.69, 9.17) is 0 Å². The lowest BCUT2D eigenvalue weighted by Gasteiger charge is -2.47. The molecule has 2 aliphatic heterocycles. The lowest BCUT2D eigenvalue weighted by molar-refractivity contribution is 0.0526. The van der Waals surface area contributed by atoms with Crippen molar-refractivity contribution in [2.24, 2.45) is 4.99 Å². The highest BCUT2D eigenvalue weighted by molar-refractivity contribution is 14.0. The van der Waals surface area contributed by atoms with Gasteiger partial charge in [-0.2, -0.15) is 0 Å². The standard InChI is InChI=1S/C21H33F2N5.HI/c1-24-21(26-14-11-15-7-5-8-16(12-14)28(15)4)25-13-19(27(2)3)20-17(22)9-6-10-18(20)23;/h6,9-10,14-16,19H,5,7-8,11-13H2,1-4H3,(H2,24,25,26);1H. The van der Waals surface area contributed by atoms with Gasteiger partial charge in [0.1, 0.15) is 11.6 Å². The van der Waals surface area contributed by atoms with Crippen LogP contribution < -0.4 is 10.6 Å². The largest absolute Gasteiger partial charge is 0.354 e. The summed E-state index contributed by atoms with van der Waals surface area (Å²) in [7, 11) is 7.63. The number of piperidine rings is 2. The first-order valence-corrected chi connectivity index (χ1v) is 10.2. The zero-order valence-electron chi connectivity index (χ0n) is 17.8. The highest BCUT2D eigenvalue weighted by Crippen LogP contribution is 2.32. The molecule has 1 aromatic carbocycles. The van der Waals surface area contributed by atoms with Crippen molar-refractivity contribution < 1.29 is 8.78 Å². The molecule has 0 amide bonds. The molecule has 2 saturated heterocycles. The number of halogens is 3. The Morgan fingerprint density at radius 1 is 1.21 bits per heavy atom. The minimum absolute atomic E-state index is 0. The van der Waals surface area contributed by atoms with E-state index in [1.807, 2.05) is 19.0 Å². The van der Waals surface area contributed by atoms with E-state index in [2.05, 4.69) is 27.6 Å². The predicted molar refractivity (Wildman–Crippen MR) is 125 cm³/mol. The maximum atomic E-state index is 14.3. The Labute approximate surface area is 190 Å². The maximum absolute atomic E-state index is 14.3. The topological polar surface area (TPSA) is 42.9 Å². The normalized spacial score (nSPS) is 26.0. The van der Waals surface area contributed by atoms with Gasteiger partial charge in [0.15, 0.2) is 5.96 Å². The van der Waals surface area contributed by atoms with Gasteiger partial charge in [0, 0.05) is 37.3 Å². The molecule has 2 bridgehead atoms. The van der Waals surface area contributed by atoms with Gasteiger partial charge in [-0.05, 0) is 59.0 Å². The molecule has 0 radical (unpaired) electrons. The molecule has 3 atom stereocenters. The third kappa shape index (κ3) is 5.79. The van der Waals surface area contributed by atoms with Gasteiger partial charge in [0.25, 0.3) is 0 Å². The van der Waals surface area contributed by atoms with Gasteiger partial charge in [-0.25, -0.2) is 8.78 Å². The number of benzene rings is 1. The Kier molecular flexibility index (Phi) is 9.09. The molecule has 2 aliphatic rings. The first-order valence-electron chi connectivity index (χ1n) is 10.2. The zero-order chi connectivity index (χ0) is 20.3. The van der Waals surface area contributed by atoms with Crippen LogP contribution in [-0.4, -0.2) is 68.6 Å². The molecular formula is C21H34F2IN5. The van der Waals surface area contributed by atoms with Crippen LogP contribution in [0.4, 0.5) is 8.78 Å². The van der Waals surface area contributed by atoms with E-state index < -0.39 is 17.7 Å². The second kappa shape index (κ2) is 10.9. The summed E-state index contributed by atoms with van der Waals surface area (Å²) in [5.74, 6) is -0.352.